The Kier molecular flexibility index (Phi) is 3.99. The van der Waals surface area contributed by atoms with Gasteiger partial charge in [0, 0.05) is 6.07 Å². The molecule has 0 saturated carbocycles. The van der Waals surface area contributed by atoms with E-state index in [4.69, 9.17) is 10.5 Å². The minimum Gasteiger partial charge on any atom is -0.496 e. The van der Waals surface area contributed by atoms with Gasteiger partial charge >= 0.3 is 5.97 Å². The van der Waals surface area contributed by atoms with E-state index in [9.17, 15) is 4.79 Å². The number of ether oxygens (including phenoxy) is 2. The molecule has 0 aliphatic heterocycles. The molecule has 0 aliphatic rings. The van der Waals surface area contributed by atoms with Crippen LogP contribution in [0.1, 0.15) is 10.4 Å². The Hall–Kier alpha value is -1.91. The summed E-state index contributed by atoms with van der Waals surface area (Å²) in [6.07, 6.45) is 0. The molecule has 0 unspecified atom stereocenters. The Morgan fingerprint density at radius 3 is 2.69 bits per heavy atom. The number of carbonyl (C=O) groups is 1. The van der Waals surface area contributed by atoms with Gasteiger partial charge in [-0.2, -0.15) is 4.99 Å². The normalized spacial score (nSPS) is 9.12. The van der Waals surface area contributed by atoms with E-state index < -0.39 is 5.97 Å². The largest absolute Gasteiger partial charge is 0.496 e. The smallest absolute Gasteiger partial charge is 0.341 e. The van der Waals surface area contributed by atoms with Gasteiger partial charge in [-0.05, 0) is 18.3 Å². The van der Waals surface area contributed by atoms with Crippen molar-refractivity contribution >= 4 is 34.7 Å². The summed E-state index contributed by atoms with van der Waals surface area (Å²) < 4.78 is 9.62. The molecule has 5 nitrogen and oxygen atoms in total. The van der Waals surface area contributed by atoms with Crippen molar-refractivity contribution in [1.29, 1.82) is 0 Å². The first-order chi connectivity index (χ1) is 7.63. The molecule has 0 amide bonds. The maximum Gasteiger partial charge on any atom is 0.341 e. The van der Waals surface area contributed by atoms with Crippen LogP contribution in [0, 0.1) is 0 Å². The van der Waals surface area contributed by atoms with Crippen LogP contribution in [0.4, 0.5) is 11.4 Å². The number of nitrogens with two attached hydrogens (primary N) is 1. The number of rotatable bonds is 3. The maximum atomic E-state index is 11.4. The van der Waals surface area contributed by atoms with Crippen LogP contribution in [-0.4, -0.2) is 25.4 Å². The summed E-state index contributed by atoms with van der Waals surface area (Å²) in [5.41, 5.74) is 6.63. The number of esters is 1. The Balaban J connectivity index is 3.39. The average Bonchev–Trinajstić information content (AvgIpc) is 2.30. The average molecular weight is 238 g/mol. The van der Waals surface area contributed by atoms with Gasteiger partial charge in [-0.15, -0.1) is 0 Å². The molecule has 16 heavy (non-hydrogen) atoms. The molecule has 0 bridgehead atoms. The highest BCUT2D eigenvalue weighted by atomic mass is 32.1. The van der Waals surface area contributed by atoms with Crippen molar-refractivity contribution in [2.45, 2.75) is 0 Å². The zero-order valence-corrected chi connectivity index (χ0v) is 9.63. The third-order valence-corrected chi connectivity index (χ3v) is 2.01. The summed E-state index contributed by atoms with van der Waals surface area (Å²) in [5, 5.41) is 2.18. The third kappa shape index (κ3) is 2.36. The highest BCUT2D eigenvalue weighted by molar-refractivity contribution is 7.78. The predicted molar refractivity (Wildman–Crippen MR) is 63.4 cm³/mol. The van der Waals surface area contributed by atoms with Crippen molar-refractivity contribution in [3.63, 3.8) is 0 Å². The van der Waals surface area contributed by atoms with Crippen LogP contribution in [0.25, 0.3) is 0 Å². The fourth-order valence-electron chi connectivity index (χ4n) is 1.17. The number of isothiocyanates is 1. The fraction of sp³-hybridized carbons (Fsp3) is 0.200. The van der Waals surface area contributed by atoms with Gasteiger partial charge in [0.25, 0.3) is 0 Å². The van der Waals surface area contributed by atoms with Gasteiger partial charge in [-0.3, -0.25) is 0 Å². The number of aliphatic imine (C=N–C) groups is 1. The van der Waals surface area contributed by atoms with Crippen molar-refractivity contribution in [3.8, 4) is 5.75 Å². The van der Waals surface area contributed by atoms with Crippen LogP contribution in [0.5, 0.6) is 5.75 Å². The van der Waals surface area contributed by atoms with E-state index in [0.29, 0.717) is 17.1 Å². The number of benzene rings is 1. The lowest BCUT2D eigenvalue weighted by Crippen LogP contribution is -2.04. The first-order valence-electron chi connectivity index (χ1n) is 4.27. The van der Waals surface area contributed by atoms with Crippen LogP contribution in [0.3, 0.4) is 0 Å². The molecule has 2 N–H and O–H groups in total. The first-order valence-corrected chi connectivity index (χ1v) is 4.68. The van der Waals surface area contributed by atoms with Crippen LogP contribution in [-0.2, 0) is 4.74 Å². The van der Waals surface area contributed by atoms with E-state index in [1.165, 1.54) is 26.4 Å². The highest BCUT2D eigenvalue weighted by Gasteiger charge is 2.15. The lowest BCUT2D eigenvalue weighted by Gasteiger charge is -2.09. The van der Waals surface area contributed by atoms with Gasteiger partial charge in [0.15, 0.2) is 0 Å². The third-order valence-electron chi connectivity index (χ3n) is 1.92. The van der Waals surface area contributed by atoms with Gasteiger partial charge in [0.05, 0.1) is 30.8 Å². The summed E-state index contributed by atoms with van der Waals surface area (Å²) in [6.45, 7) is 0. The molecule has 0 saturated heterocycles. The minimum atomic E-state index is -0.530. The number of nitrogen functional groups attached to an aromatic ring is 1. The van der Waals surface area contributed by atoms with E-state index in [2.05, 4.69) is 27.1 Å². The van der Waals surface area contributed by atoms with Crippen LogP contribution >= 0.6 is 12.2 Å². The second kappa shape index (κ2) is 5.25. The Bertz CT molecular complexity index is 467. The van der Waals surface area contributed by atoms with E-state index >= 15 is 0 Å². The van der Waals surface area contributed by atoms with Gasteiger partial charge in [0.1, 0.15) is 11.3 Å². The molecule has 1 rings (SSSR count). The van der Waals surface area contributed by atoms with Crippen LogP contribution in [0.2, 0.25) is 0 Å². The lowest BCUT2D eigenvalue weighted by molar-refractivity contribution is 0.0597. The number of hydrogen-bond acceptors (Lipinski definition) is 6. The molecule has 0 atom stereocenters. The van der Waals surface area contributed by atoms with Gasteiger partial charge in [0.2, 0.25) is 0 Å². The molecule has 0 heterocycles. The molecule has 0 aliphatic carbocycles. The van der Waals surface area contributed by atoms with E-state index in [1.54, 1.807) is 0 Å². The Morgan fingerprint density at radius 2 is 2.19 bits per heavy atom. The maximum absolute atomic E-state index is 11.4. The van der Waals surface area contributed by atoms with Crippen LogP contribution < -0.4 is 10.5 Å². The second-order valence-electron chi connectivity index (χ2n) is 2.81. The van der Waals surface area contributed by atoms with Gasteiger partial charge < -0.3 is 15.2 Å². The number of anilines is 1. The number of hydrogen-bond donors (Lipinski definition) is 1. The predicted octanol–water partition coefficient (Wildman–Crippen LogP) is 1.80. The number of carbonyl (C=O) groups excluding carboxylic acids is 1. The molecule has 0 fully saturated rings. The summed E-state index contributed by atoms with van der Waals surface area (Å²) >= 11 is 4.47. The summed E-state index contributed by atoms with van der Waals surface area (Å²) in [7, 11) is 2.71. The second-order valence-corrected chi connectivity index (χ2v) is 2.99. The summed E-state index contributed by atoms with van der Waals surface area (Å²) in [4.78, 5) is 15.2. The Morgan fingerprint density at radius 1 is 1.50 bits per heavy atom. The van der Waals surface area contributed by atoms with E-state index in [-0.39, 0.29) is 5.56 Å². The summed E-state index contributed by atoms with van der Waals surface area (Å²) in [6, 6.07) is 2.93. The fourth-order valence-corrected chi connectivity index (χ4v) is 1.27. The van der Waals surface area contributed by atoms with E-state index in [1.807, 2.05) is 0 Å². The SMILES string of the molecule is COC(=O)c1cc(N=C=S)c(N)cc1OC. The number of methoxy groups -OCH3 is 2. The van der Waals surface area contributed by atoms with Crippen LogP contribution in [0.15, 0.2) is 17.1 Å². The number of thiocarbonyl (C=S) groups is 1. The van der Waals surface area contributed by atoms with Gasteiger partial charge in [-0.25, -0.2) is 4.79 Å². The van der Waals surface area contributed by atoms with E-state index in [0.717, 1.165) is 0 Å². The standard InChI is InChI=1S/C10H10N2O3S/c1-14-9-4-7(11)8(12-5-16)3-6(9)10(13)15-2/h3-4H,11H2,1-2H3. The first kappa shape index (κ1) is 12.2. The minimum absolute atomic E-state index is 0.239. The molecular formula is C10H10N2O3S. The molecule has 1 aromatic rings. The lowest BCUT2D eigenvalue weighted by atomic mass is 10.1. The topological polar surface area (TPSA) is 73.9 Å². The van der Waals surface area contributed by atoms with Gasteiger partial charge in [-0.1, -0.05) is 0 Å². The van der Waals surface area contributed by atoms with Crippen molar-refractivity contribution in [3.05, 3.63) is 17.7 Å². The van der Waals surface area contributed by atoms with Crippen molar-refractivity contribution in [1.82, 2.24) is 0 Å². The zero-order chi connectivity index (χ0) is 12.1. The molecular weight excluding hydrogens is 228 g/mol. The molecule has 84 valence electrons. The molecule has 1 aromatic carbocycles. The molecule has 0 radical (unpaired) electrons. The monoisotopic (exact) mass is 238 g/mol. The quantitative estimate of drug-likeness (QED) is 0.376. The molecule has 6 heteroatoms. The van der Waals surface area contributed by atoms with Crippen molar-refractivity contribution < 1.29 is 14.3 Å². The summed E-state index contributed by atoms with van der Waals surface area (Å²) in [5.74, 6) is -0.203. The molecule has 0 spiro atoms. The Labute approximate surface area is 97.9 Å². The van der Waals surface area contributed by atoms with Crippen molar-refractivity contribution in [2.75, 3.05) is 20.0 Å². The van der Waals surface area contributed by atoms with Crippen molar-refractivity contribution in [2.24, 2.45) is 4.99 Å². The zero-order valence-electron chi connectivity index (χ0n) is 8.81. The number of nitrogens with zero attached hydrogens (tertiary/aromatic N) is 1. The highest BCUT2D eigenvalue weighted by Crippen LogP contribution is 2.31. The molecule has 0 aromatic heterocycles.